The normalized spacial score (nSPS) is 15.8. The molecule has 0 unspecified atom stereocenters. The molecule has 1 fully saturated rings. The molecule has 1 aliphatic heterocycles. The summed E-state index contributed by atoms with van der Waals surface area (Å²) in [4.78, 5) is 15.8. The number of piperazine rings is 1. The topological polar surface area (TPSA) is 60.9 Å². The smallest absolute Gasteiger partial charge is 0.246 e. The van der Waals surface area contributed by atoms with Gasteiger partial charge in [0.15, 0.2) is 0 Å². The molecule has 28 heavy (non-hydrogen) atoms. The Bertz CT molecular complexity index is 913. The van der Waals surface area contributed by atoms with Crippen molar-refractivity contribution in [3.63, 3.8) is 0 Å². The van der Waals surface area contributed by atoms with E-state index in [1.807, 2.05) is 42.3 Å². The Kier molecular flexibility index (Phi) is 6.43. The highest BCUT2D eigenvalue weighted by molar-refractivity contribution is 7.89. The summed E-state index contributed by atoms with van der Waals surface area (Å²) < 4.78 is 40.4. The van der Waals surface area contributed by atoms with Gasteiger partial charge in [-0.15, -0.1) is 0 Å². The van der Waals surface area contributed by atoms with E-state index >= 15 is 0 Å². The lowest BCUT2D eigenvalue weighted by atomic mass is 10.2. The molecule has 0 aliphatic carbocycles. The summed E-state index contributed by atoms with van der Waals surface area (Å²) >= 11 is 0. The van der Waals surface area contributed by atoms with Gasteiger partial charge in [-0.05, 0) is 24.7 Å². The van der Waals surface area contributed by atoms with Crippen LogP contribution in [0.25, 0.3) is 0 Å². The number of halogens is 1. The summed E-state index contributed by atoms with van der Waals surface area (Å²) in [6.45, 7) is 1.83. The van der Waals surface area contributed by atoms with Crippen LogP contribution < -0.4 is 0 Å². The maximum Gasteiger partial charge on any atom is 0.246 e. The van der Waals surface area contributed by atoms with Crippen molar-refractivity contribution in [1.29, 1.82) is 0 Å². The minimum absolute atomic E-state index is 0.0404. The number of carbonyl (C=O) groups excluding carboxylic acids is 1. The van der Waals surface area contributed by atoms with Gasteiger partial charge in [0.25, 0.3) is 0 Å². The average molecular weight is 405 g/mol. The third kappa shape index (κ3) is 4.76. The third-order valence-corrected chi connectivity index (χ3v) is 6.68. The van der Waals surface area contributed by atoms with Crippen LogP contribution in [0.3, 0.4) is 0 Å². The van der Waals surface area contributed by atoms with Crippen molar-refractivity contribution in [2.24, 2.45) is 0 Å². The van der Waals surface area contributed by atoms with E-state index in [2.05, 4.69) is 0 Å². The summed E-state index contributed by atoms with van der Waals surface area (Å²) in [5.74, 6) is -0.801. The van der Waals surface area contributed by atoms with Crippen molar-refractivity contribution in [2.45, 2.75) is 11.4 Å². The Hall–Kier alpha value is -2.29. The average Bonchev–Trinajstić information content (AvgIpc) is 2.69. The maximum absolute atomic E-state index is 13.9. The van der Waals surface area contributed by atoms with Gasteiger partial charge in [0.1, 0.15) is 10.7 Å². The van der Waals surface area contributed by atoms with Crippen molar-refractivity contribution >= 4 is 15.9 Å². The quantitative estimate of drug-likeness (QED) is 0.735. The number of carbonyl (C=O) groups is 1. The Morgan fingerprint density at radius 3 is 2.25 bits per heavy atom. The second-order valence-corrected chi connectivity index (χ2v) is 8.78. The largest absolute Gasteiger partial charge is 0.339 e. The van der Waals surface area contributed by atoms with Crippen LogP contribution in [-0.4, -0.2) is 68.2 Å². The van der Waals surface area contributed by atoms with E-state index in [0.29, 0.717) is 19.6 Å². The lowest BCUT2D eigenvalue weighted by Gasteiger charge is -2.34. The molecule has 3 rings (SSSR count). The van der Waals surface area contributed by atoms with Crippen molar-refractivity contribution in [3.8, 4) is 0 Å². The van der Waals surface area contributed by atoms with Crippen LogP contribution in [0.1, 0.15) is 5.56 Å². The zero-order chi connectivity index (χ0) is 20.1. The van der Waals surface area contributed by atoms with E-state index in [9.17, 15) is 17.6 Å². The molecule has 2 aromatic carbocycles. The molecule has 0 N–H and O–H groups in total. The molecule has 0 spiro atoms. The fourth-order valence-corrected chi connectivity index (χ4v) is 4.74. The van der Waals surface area contributed by atoms with Gasteiger partial charge in [0.2, 0.25) is 15.9 Å². The van der Waals surface area contributed by atoms with E-state index in [1.165, 1.54) is 22.5 Å². The Balaban J connectivity index is 1.55. The van der Waals surface area contributed by atoms with Crippen LogP contribution in [-0.2, 0) is 21.4 Å². The predicted octanol–water partition coefficient (Wildman–Crippen LogP) is 1.79. The zero-order valence-electron chi connectivity index (χ0n) is 15.8. The van der Waals surface area contributed by atoms with Crippen molar-refractivity contribution < 1.29 is 17.6 Å². The molecule has 0 atom stereocenters. The van der Waals surface area contributed by atoms with Crippen LogP contribution in [0.5, 0.6) is 0 Å². The van der Waals surface area contributed by atoms with Gasteiger partial charge in [-0.1, -0.05) is 42.5 Å². The molecule has 1 saturated heterocycles. The van der Waals surface area contributed by atoms with Crippen LogP contribution in [0, 0.1) is 5.82 Å². The minimum atomic E-state index is -3.90. The van der Waals surface area contributed by atoms with Crippen LogP contribution in [0.4, 0.5) is 4.39 Å². The molecule has 150 valence electrons. The number of rotatable bonds is 6. The van der Waals surface area contributed by atoms with Crippen molar-refractivity contribution in [1.82, 2.24) is 14.1 Å². The lowest BCUT2D eigenvalue weighted by Crippen LogP contribution is -2.52. The number of amides is 1. The minimum Gasteiger partial charge on any atom is -0.339 e. The zero-order valence-corrected chi connectivity index (χ0v) is 16.6. The molecule has 0 bridgehead atoms. The summed E-state index contributed by atoms with van der Waals surface area (Å²) in [6, 6.07) is 15.2. The third-order valence-electron chi connectivity index (χ3n) is 4.75. The standard InChI is InChI=1S/C20H24FN3O3S/c1-22(15-17-7-3-2-4-8-17)16-20(25)23-11-13-24(14-12-23)28(26,27)19-10-6-5-9-18(19)21/h2-10H,11-16H2,1H3. The molecule has 6 nitrogen and oxygen atoms in total. The second-order valence-electron chi connectivity index (χ2n) is 6.87. The maximum atomic E-state index is 13.9. The summed E-state index contributed by atoms with van der Waals surface area (Å²) in [5, 5.41) is 0. The summed E-state index contributed by atoms with van der Waals surface area (Å²) in [7, 11) is -2.02. The monoisotopic (exact) mass is 405 g/mol. The molecule has 0 aromatic heterocycles. The van der Waals surface area contributed by atoms with E-state index < -0.39 is 15.8 Å². The van der Waals surface area contributed by atoms with E-state index in [1.54, 1.807) is 4.90 Å². The van der Waals surface area contributed by atoms with Gasteiger partial charge >= 0.3 is 0 Å². The molecule has 0 radical (unpaired) electrons. The van der Waals surface area contributed by atoms with E-state index in [-0.39, 0.29) is 30.4 Å². The first kappa shape index (κ1) is 20.4. The molecular formula is C20H24FN3O3S. The predicted molar refractivity (Wildman–Crippen MR) is 105 cm³/mol. The Morgan fingerprint density at radius 2 is 1.61 bits per heavy atom. The number of sulfonamides is 1. The highest BCUT2D eigenvalue weighted by Gasteiger charge is 2.31. The van der Waals surface area contributed by atoms with Crippen LogP contribution in [0.15, 0.2) is 59.5 Å². The molecule has 1 heterocycles. The second kappa shape index (κ2) is 8.81. The van der Waals surface area contributed by atoms with Crippen molar-refractivity contribution in [3.05, 3.63) is 66.0 Å². The molecule has 1 amide bonds. The first-order valence-electron chi connectivity index (χ1n) is 9.13. The van der Waals surface area contributed by atoms with Crippen LogP contribution in [0.2, 0.25) is 0 Å². The SMILES string of the molecule is CN(CC(=O)N1CCN(S(=O)(=O)c2ccccc2F)CC1)Cc1ccccc1. The first-order valence-corrected chi connectivity index (χ1v) is 10.6. The van der Waals surface area contributed by atoms with Gasteiger partial charge in [0, 0.05) is 32.7 Å². The number of hydrogen-bond donors (Lipinski definition) is 0. The molecule has 1 aliphatic rings. The number of hydrogen-bond acceptors (Lipinski definition) is 4. The Morgan fingerprint density at radius 1 is 1.00 bits per heavy atom. The highest BCUT2D eigenvalue weighted by atomic mass is 32.2. The Labute approximate surface area is 165 Å². The summed E-state index contributed by atoms with van der Waals surface area (Å²) in [6.07, 6.45) is 0. The van der Waals surface area contributed by atoms with Crippen molar-refractivity contribution in [2.75, 3.05) is 39.8 Å². The number of likely N-dealkylation sites (N-methyl/N-ethyl adjacent to an activating group) is 1. The van der Waals surface area contributed by atoms with Crippen LogP contribution >= 0.6 is 0 Å². The van der Waals surface area contributed by atoms with E-state index in [0.717, 1.165) is 11.6 Å². The van der Waals surface area contributed by atoms with E-state index in [4.69, 9.17) is 0 Å². The number of benzene rings is 2. The van der Waals surface area contributed by atoms with Gasteiger partial charge < -0.3 is 4.90 Å². The van der Waals surface area contributed by atoms with Gasteiger partial charge in [-0.3, -0.25) is 9.69 Å². The fourth-order valence-electron chi connectivity index (χ4n) is 3.25. The first-order chi connectivity index (χ1) is 13.4. The molecule has 8 heteroatoms. The summed E-state index contributed by atoms with van der Waals surface area (Å²) in [5.41, 5.74) is 1.12. The highest BCUT2D eigenvalue weighted by Crippen LogP contribution is 2.20. The van der Waals surface area contributed by atoms with Gasteiger partial charge in [-0.2, -0.15) is 4.31 Å². The lowest BCUT2D eigenvalue weighted by molar-refractivity contribution is -0.133. The molecule has 2 aromatic rings. The number of nitrogens with zero attached hydrogens (tertiary/aromatic N) is 3. The fraction of sp³-hybridized carbons (Fsp3) is 0.350. The molecular weight excluding hydrogens is 381 g/mol. The van der Waals surface area contributed by atoms with Gasteiger partial charge in [0.05, 0.1) is 6.54 Å². The van der Waals surface area contributed by atoms with Gasteiger partial charge in [-0.25, -0.2) is 12.8 Å². The molecule has 0 saturated carbocycles.